The van der Waals surface area contributed by atoms with E-state index < -0.39 is 5.91 Å². The van der Waals surface area contributed by atoms with Gasteiger partial charge < -0.3 is 19.0 Å². The van der Waals surface area contributed by atoms with Gasteiger partial charge in [0.25, 0.3) is 11.5 Å². The molecular weight excluding hydrogens is 400 g/mol. The molecular formula is C22H20N4O5. The first-order valence-electron chi connectivity index (χ1n) is 9.72. The van der Waals surface area contributed by atoms with Crippen molar-refractivity contribution in [2.24, 2.45) is 0 Å². The van der Waals surface area contributed by atoms with Crippen molar-refractivity contribution in [2.75, 3.05) is 13.2 Å². The van der Waals surface area contributed by atoms with Gasteiger partial charge in [0.2, 0.25) is 5.76 Å². The average molecular weight is 420 g/mol. The molecule has 31 heavy (non-hydrogen) atoms. The monoisotopic (exact) mass is 420 g/mol. The Bertz CT molecular complexity index is 1210. The van der Waals surface area contributed by atoms with Gasteiger partial charge in [-0.1, -0.05) is 5.16 Å². The maximum Gasteiger partial charge on any atom is 0.273 e. The fraction of sp³-hybridized carbons (Fsp3) is 0.182. The number of rotatable bonds is 8. The Morgan fingerprint density at radius 1 is 1.16 bits per heavy atom. The van der Waals surface area contributed by atoms with Crippen LogP contribution in [0, 0.1) is 0 Å². The first-order chi connectivity index (χ1) is 15.1. The average Bonchev–Trinajstić information content (AvgIpc) is 3.48. The number of nitrogens with zero attached hydrogens (tertiary/aromatic N) is 3. The molecule has 1 aromatic carbocycles. The van der Waals surface area contributed by atoms with Crippen molar-refractivity contribution in [3.63, 3.8) is 0 Å². The predicted molar refractivity (Wildman–Crippen MR) is 112 cm³/mol. The Morgan fingerprint density at radius 3 is 2.71 bits per heavy atom. The third-order valence-electron chi connectivity index (χ3n) is 4.49. The number of hydrogen-bond acceptors (Lipinski definition) is 7. The van der Waals surface area contributed by atoms with Gasteiger partial charge >= 0.3 is 0 Å². The van der Waals surface area contributed by atoms with E-state index in [0.29, 0.717) is 23.8 Å². The predicted octanol–water partition coefficient (Wildman–Crippen LogP) is 2.99. The van der Waals surface area contributed by atoms with Crippen LogP contribution in [0.3, 0.4) is 0 Å². The van der Waals surface area contributed by atoms with Crippen LogP contribution in [0.2, 0.25) is 0 Å². The lowest BCUT2D eigenvalue weighted by Gasteiger charge is -2.08. The van der Waals surface area contributed by atoms with Gasteiger partial charge in [-0.05, 0) is 43.3 Å². The topological polar surface area (TPSA) is 112 Å². The molecule has 3 aromatic heterocycles. The van der Waals surface area contributed by atoms with E-state index in [1.54, 1.807) is 12.1 Å². The smallest absolute Gasteiger partial charge is 0.273 e. The van der Waals surface area contributed by atoms with E-state index in [2.05, 4.69) is 15.5 Å². The Hall–Kier alpha value is -4.14. The van der Waals surface area contributed by atoms with Gasteiger partial charge in [0, 0.05) is 30.8 Å². The third kappa shape index (κ3) is 4.72. The summed E-state index contributed by atoms with van der Waals surface area (Å²) in [5.74, 6) is 1.20. The van der Waals surface area contributed by atoms with Gasteiger partial charge in [0.1, 0.15) is 5.75 Å². The minimum atomic E-state index is -0.409. The number of carbonyl (C=O) groups is 1. The summed E-state index contributed by atoms with van der Waals surface area (Å²) in [7, 11) is 0. The number of furan rings is 1. The molecule has 0 fully saturated rings. The molecule has 0 radical (unpaired) electrons. The van der Waals surface area contributed by atoms with Crippen molar-refractivity contribution < 1.29 is 18.5 Å². The molecule has 3 heterocycles. The standard InChI is InChI=1S/C22H20N4O5/c1-2-29-16-7-5-15(6-8-16)17-13-21(27)26(14-24-17)10-9-23-22(28)18-12-20(31-25-18)19-4-3-11-30-19/h3-8,11-14H,2,9-10H2,1H3,(H,23,28). The molecule has 0 aliphatic rings. The van der Waals surface area contributed by atoms with E-state index in [-0.39, 0.29) is 24.3 Å². The molecule has 1 N–H and O–H groups in total. The van der Waals surface area contributed by atoms with Crippen LogP contribution in [0.15, 0.2) is 74.9 Å². The van der Waals surface area contributed by atoms with Crippen LogP contribution < -0.4 is 15.6 Å². The molecule has 0 spiro atoms. The van der Waals surface area contributed by atoms with Gasteiger partial charge in [-0.3, -0.25) is 14.2 Å². The number of carbonyl (C=O) groups excluding carboxylic acids is 1. The highest BCUT2D eigenvalue weighted by Crippen LogP contribution is 2.21. The fourth-order valence-electron chi connectivity index (χ4n) is 2.94. The third-order valence-corrected chi connectivity index (χ3v) is 4.49. The quantitative estimate of drug-likeness (QED) is 0.466. The number of hydrogen-bond donors (Lipinski definition) is 1. The molecule has 0 saturated heterocycles. The van der Waals surface area contributed by atoms with Gasteiger partial charge in [-0.2, -0.15) is 0 Å². The SMILES string of the molecule is CCOc1ccc(-c2cc(=O)n(CCNC(=O)c3cc(-c4ccco4)on3)cn2)cc1. The van der Waals surface area contributed by atoms with Crippen molar-refractivity contribution in [3.8, 4) is 28.5 Å². The van der Waals surface area contributed by atoms with Gasteiger partial charge in [-0.15, -0.1) is 0 Å². The summed E-state index contributed by atoms with van der Waals surface area (Å²) in [5, 5.41) is 6.45. The summed E-state index contributed by atoms with van der Waals surface area (Å²) in [6, 6.07) is 13.8. The molecule has 158 valence electrons. The molecule has 0 aliphatic carbocycles. The van der Waals surface area contributed by atoms with Crippen molar-refractivity contribution >= 4 is 5.91 Å². The summed E-state index contributed by atoms with van der Waals surface area (Å²) < 4.78 is 17.2. The largest absolute Gasteiger partial charge is 0.494 e. The Morgan fingerprint density at radius 2 is 2.00 bits per heavy atom. The highest BCUT2D eigenvalue weighted by Gasteiger charge is 2.15. The highest BCUT2D eigenvalue weighted by atomic mass is 16.5. The maximum atomic E-state index is 12.4. The zero-order chi connectivity index (χ0) is 21.6. The van der Waals surface area contributed by atoms with Crippen LogP contribution in [0.4, 0.5) is 0 Å². The second-order valence-electron chi connectivity index (χ2n) is 6.57. The number of aromatic nitrogens is 3. The molecule has 9 heteroatoms. The van der Waals surface area contributed by atoms with Gasteiger partial charge in [0.15, 0.2) is 11.5 Å². The lowest BCUT2D eigenvalue weighted by Crippen LogP contribution is -2.31. The van der Waals surface area contributed by atoms with E-state index in [1.165, 1.54) is 29.3 Å². The number of nitrogens with one attached hydrogen (secondary N) is 1. The summed E-state index contributed by atoms with van der Waals surface area (Å²) in [6.45, 7) is 3.00. The van der Waals surface area contributed by atoms with Crippen LogP contribution in [0.1, 0.15) is 17.4 Å². The molecule has 0 saturated carbocycles. The number of amides is 1. The van der Waals surface area contributed by atoms with Gasteiger partial charge in [0.05, 0.1) is 24.9 Å². The normalized spacial score (nSPS) is 10.7. The molecule has 0 aliphatic heterocycles. The van der Waals surface area contributed by atoms with Crippen LogP contribution in [0.25, 0.3) is 22.8 Å². The molecule has 0 bridgehead atoms. The van der Waals surface area contributed by atoms with E-state index >= 15 is 0 Å². The van der Waals surface area contributed by atoms with E-state index in [9.17, 15) is 9.59 Å². The molecule has 1 amide bonds. The maximum absolute atomic E-state index is 12.4. The molecule has 0 atom stereocenters. The lowest BCUT2D eigenvalue weighted by molar-refractivity contribution is 0.0943. The summed E-state index contributed by atoms with van der Waals surface area (Å²) in [6.07, 6.45) is 2.97. The molecule has 0 unspecified atom stereocenters. The van der Waals surface area contributed by atoms with E-state index in [0.717, 1.165) is 11.3 Å². The second kappa shape index (κ2) is 9.12. The van der Waals surface area contributed by atoms with Gasteiger partial charge in [-0.25, -0.2) is 4.98 Å². The first-order valence-corrected chi connectivity index (χ1v) is 9.72. The Labute approximate surface area is 177 Å². The molecule has 4 rings (SSSR count). The summed E-state index contributed by atoms with van der Waals surface area (Å²) in [5.41, 5.74) is 1.30. The van der Waals surface area contributed by atoms with Crippen LogP contribution in [0.5, 0.6) is 5.75 Å². The van der Waals surface area contributed by atoms with E-state index in [1.807, 2.05) is 31.2 Å². The van der Waals surface area contributed by atoms with Crippen LogP contribution in [-0.2, 0) is 6.54 Å². The summed E-state index contributed by atoms with van der Waals surface area (Å²) >= 11 is 0. The van der Waals surface area contributed by atoms with Crippen LogP contribution >= 0.6 is 0 Å². The Balaban J connectivity index is 1.34. The zero-order valence-corrected chi connectivity index (χ0v) is 16.8. The first kappa shape index (κ1) is 20.1. The van der Waals surface area contributed by atoms with E-state index in [4.69, 9.17) is 13.7 Å². The highest BCUT2D eigenvalue weighted by molar-refractivity contribution is 5.92. The zero-order valence-electron chi connectivity index (χ0n) is 16.8. The number of ether oxygens (including phenoxy) is 1. The Kier molecular flexibility index (Phi) is 5.93. The minimum Gasteiger partial charge on any atom is -0.494 e. The summed E-state index contributed by atoms with van der Waals surface area (Å²) in [4.78, 5) is 29.0. The lowest BCUT2D eigenvalue weighted by atomic mass is 10.1. The second-order valence-corrected chi connectivity index (χ2v) is 6.57. The van der Waals surface area contributed by atoms with Crippen molar-refractivity contribution in [3.05, 3.63) is 77.2 Å². The van der Waals surface area contributed by atoms with Crippen molar-refractivity contribution in [1.29, 1.82) is 0 Å². The molecule has 4 aromatic rings. The molecule has 9 nitrogen and oxygen atoms in total. The minimum absolute atomic E-state index is 0.128. The van der Waals surface area contributed by atoms with Crippen LogP contribution in [-0.4, -0.2) is 33.8 Å². The fourth-order valence-corrected chi connectivity index (χ4v) is 2.94. The van der Waals surface area contributed by atoms with Crippen molar-refractivity contribution in [1.82, 2.24) is 20.0 Å². The number of benzene rings is 1. The van der Waals surface area contributed by atoms with Crippen molar-refractivity contribution in [2.45, 2.75) is 13.5 Å².